The minimum absolute atomic E-state index is 0.419. The zero-order valence-electron chi connectivity index (χ0n) is 16.9. The zero-order valence-corrected chi connectivity index (χ0v) is 16.9. The number of rotatable bonds is 9. The van der Waals surface area contributed by atoms with E-state index >= 15 is 0 Å². The molecular formula is C24H30O4. The fourth-order valence-corrected chi connectivity index (χ4v) is 3.56. The standard InChI is InChI=1S/C24H30O4/c1-18(23-14-13-22(25-2)17-24(23)26-3)19-9-11-21(12-10-19)28-16-15-27-20-7-5-4-6-8-20/h9-14,17,20H,1,4-8,15-16H2,2-3H3. The van der Waals surface area contributed by atoms with Gasteiger partial charge < -0.3 is 18.9 Å². The van der Waals surface area contributed by atoms with E-state index in [2.05, 4.69) is 6.58 Å². The van der Waals surface area contributed by atoms with E-state index < -0.39 is 0 Å². The highest BCUT2D eigenvalue weighted by atomic mass is 16.5. The minimum atomic E-state index is 0.419. The number of hydrogen-bond acceptors (Lipinski definition) is 4. The van der Waals surface area contributed by atoms with Gasteiger partial charge in [0, 0.05) is 11.6 Å². The Labute approximate surface area is 168 Å². The van der Waals surface area contributed by atoms with E-state index in [1.165, 1.54) is 32.1 Å². The Morgan fingerprint density at radius 3 is 2.29 bits per heavy atom. The summed E-state index contributed by atoms with van der Waals surface area (Å²) in [5.41, 5.74) is 2.86. The lowest BCUT2D eigenvalue weighted by Crippen LogP contribution is -2.19. The molecule has 0 aliphatic heterocycles. The zero-order chi connectivity index (χ0) is 19.8. The van der Waals surface area contributed by atoms with Gasteiger partial charge >= 0.3 is 0 Å². The van der Waals surface area contributed by atoms with Crippen molar-refractivity contribution >= 4 is 5.57 Å². The molecule has 0 amide bonds. The molecule has 150 valence electrons. The summed E-state index contributed by atoms with van der Waals surface area (Å²) in [5.74, 6) is 2.34. The summed E-state index contributed by atoms with van der Waals surface area (Å²) in [6.07, 6.45) is 6.71. The van der Waals surface area contributed by atoms with Gasteiger partial charge in [0.1, 0.15) is 23.9 Å². The number of benzene rings is 2. The molecule has 1 aliphatic rings. The van der Waals surface area contributed by atoms with Crippen LogP contribution in [0, 0.1) is 0 Å². The third kappa shape index (κ3) is 5.29. The van der Waals surface area contributed by atoms with E-state index in [-0.39, 0.29) is 0 Å². The fraction of sp³-hybridized carbons (Fsp3) is 0.417. The van der Waals surface area contributed by atoms with Crippen LogP contribution in [0.5, 0.6) is 17.2 Å². The SMILES string of the molecule is C=C(c1ccc(OCCOC2CCCCC2)cc1)c1ccc(OC)cc1OC. The second-order valence-corrected chi connectivity index (χ2v) is 7.05. The Hall–Kier alpha value is -2.46. The monoisotopic (exact) mass is 382 g/mol. The summed E-state index contributed by atoms with van der Waals surface area (Å²) in [7, 11) is 3.29. The molecule has 0 unspecified atom stereocenters. The summed E-state index contributed by atoms with van der Waals surface area (Å²) in [4.78, 5) is 0. The Morgan fingerprint density at radius 2 is 1.61 bits per heavy atom. The number of hydrogen-bond donors (Lipinski definition) is 0. The molecule has 28 heavy (non-hydrogen) atoms. The molecule has 0 aromatic heterocycles. The van der Waals surface area contributed by atoms with Gasteiger partial charge in [-0.1, -0.05) is 38.0 Å². The normalized spacial score (nSPS) is 14.5. The Kier molecular flexibility index (Phi) is 7.38. The second-order valence-electron chi connectivity index (χ2n) is 7.05. The van der Waals surface area contributed by atoms with Crippen molar-refractivity contribution in [2.24, 2.45) is 0 Å². The average Bonchev–Trinajstić information content (AvgIpc) is 2.77. The molecule has 1 aliphatic carbocycles. The van der Waals surface area contributed by atoms with Crippen molar-refractivity contribution in [1.29, 1.82) is 0 Å². The van der Waals surface area contributed by atoms with Crippen molar-refractivity contribution in [3.05, 3.63) is 60.2 Å². The van der Waals surface area contributed by atoms with Crippen LogP contribution in [0.1, 0.15) is 43.2 Å². The third-order valence-electron chi connectivity index (χ3n) is 5.19. The second kappa shape index (κ2) is 10.2. The van der Waals surface area contributed by atoms with Gasteiger partial charge in [-0.05, 0) is 48.2 Å². The molecule has 0 N–H and O–H groups in total. The topological polar surface area (TPSA) is 36.9 Å². The van der Waals surface area contributed by atoms with Crippen molar-refractivity contribution in [3.63, 3.8) is 0 Å². The van der Waals surface area contributed by atoms with Gasteiger partial charge in [-0.3, -0.25) is 0 Å². The highest BCUT2D eigenvalue weighted by Gasteiger charge is 2.13. The molecule has 0 atom stereocenters. The lowest BCUT2D eigenvalue weighted by molar-refractivity contribution is 0.0129. The highest BCUT2D eigenvalue weighted by Crippen LogP contribution is 2.33. The van der Waals surface area contributed by atoms with Gasteiger partial charge in [-0.15, -0.1) is 0 Å². The van der Waals surface area contributed by atoms with E-state index in [0.29, 0.717) is 19.3 Å². The molecule has 0 radical (unpaired) electrons. The van der Waals surface area contributed by atoms with E-state index in [1.807, 2.05) is 42.5 Å². The maximum absolute atomic E-state index is 5.91. The minimum Gasteiger partial charge on any atom is -0.497 e. The Balaban J connectivity index is 1.54. The Bertz CT molecular complexity index is 761. The molecule has 1 saturated carbocycles. The molecular weight excluding hydrogens is 352 g/mol. The first kappa shape index (κ1) is 20.3. The first-order valence-corrected chi connectivity index (χ1v) is 9.97. The van der Waals surface area contributed by atoms with Crippen LogP contribution in [-0.4, -0.2) is 33.5 Å². The highest BCUT2D eigenvalue weighted by molar-refractivity contribution is 5.81. The Morgan fingerprint density at radius 1 is 0.893 bits per heavy atom. The van der Waals surface area contributed by atoms with Gasteiger partial charge in [0.05, 0.1) is 26.9 Å². The van der Waals surface area contributed by atoms with Gasteiger partial charge in [-0.25, -0.2) is 0 Å². The fourth-order valence-electron chi connectivity index (χ4n) is 3.56. The van der Waals surface area contributed by atoms with E-state index in [0.717, 1.165) is 33.9 Å². The smallest absolute Gasteiger partial charge is 0.130 e. The first-order valence-electron chi connectivity index (χ1n) is 9.97. The van der Waals surface area contributed by atoms with Crippen LogP contribution < -0.4 is 14.2 Å². The summed E-state index contributed by atoms with van der Waals surface area (Å²) in [6, 6.07) is 13.7. The molecule has 1 fully saturated rings. The van der Waals surface area contributed by atoms with Gasteiger partial charge in [0.25, 0.3) is 0 Å². The van der Waals surface area contributed by atoms with Crippen LogP contribution in [0.15, 0.2) is 49.0 Å². The first-order chi connectivity index (χ1) is 13.7. The molecule has 4 heteroatoms. The van der Waals surface area contributed by atoms with Gasteiger partial charge in [0.15, 0.2) is 0 Å². The van der Waals surface area contributed by atoms with Crippen LogP contribution in [-0.2, 0) is 4.74 Å². The summed E-state index contributed by atoms with van der Waals surface area (Å²) in [6.45, 7) is 5.45. The lowest BCUT2D eigenvalue weighted by atomic mass is 9.98. The van der Waals surface area contributed by atoms with Gasteiger partial charge in [-0.2, -0.15) is 0 Å². The number of methoxy groups -OCH3 is 2. The predicted octanol–water partition coefficient (Wildman–Crippen LogP) is 5.49. The summed E-state index contributed by atoms with van der Waals surface area (Å²) in [5, 5.41) is 0. The largest absolute Gasteiger partial charge is 0.497 e. The summed E-state index contributed by atoms with van der Waals surface area (Å²) >= 11 is 0. The average molecular weight is 383 g/mol. The van der Waals surface area contributed by atoms with Crippen molar-refractivity contribution in [3.8, 4) is 17.2 Å². The quantitative estimate of drug-likeness (QED) is 0.537. The molecule has 0 spiro atoms. The summed E-state index contributed by atoms with van der Waals surface area (Å²) < 4.78 is 22.5. The molecule has 0 heterocycles. The van der Waals surface area contributed by atoms with Crippen molar-refractivity contribution in [1.82, 2.24) is 0 Å². The van der Waals surface area contributed by atoms with Crippen LogP contribution in [0.4, 0.5) is 0 Å². The lowest BCUT2D eigenvalue weighted by Gasteiger charge is -2.22. The molecule has 3 rings (SSSR count). The number of ether oxygens (including phenoxy) is 4. The van der Waals surface area contributed by atoms with Crippen molar-refractivity contribution < 1.29 is 18.9 Å². The van der Waals surface area contributed by atoms with Gasteiger partial charge in [0.2, 0.25) is 0 Å². The van der Waals surface area contributed by atoms with Crippen molar-refractivity contribution in [2.75, 3.05) is 27.4 Å². The third-order valence-corrected chi connectivity index (χ3v) is 5.19. The maximum Gasteiger partial charge on any atom is 0.130 e. The molecule has 0 saturated heterocycles. The molecule has 4 nitrogen and oxygen atoms in total. The van der Waals surface area contributed by atoms with Crippen molar-refractivity contribution in [2.45, 2.75) is 38.2 Å². The van der Waals surface area contributed by atoms with Crippen LogP contribution in [0.3, 0.4) is 0 Å². The molecule has 2 aromatic rings. The van der Waals surface area contributed by atoms with E-state index in [1.54, 1.807) is 14.2 Å². The van der Waals surface area contributed by atoms with E-state index in [9.17, 15) is 0 Å². The molecule has 2 aromatic carbocycles. The van der Waals surface area contributed by atoms with Crippen LogP contribution in [0.2, 0.25) is 0 Å². The molecule has 0 bridgehead atoms. The maximum atomic E-state index is 5.91. The van der Waals surface area contributed by atoms with Crippen LogP contribution in [0.25, 0.3) is 5.57 Å². The van der Waals surface area contributed by atoms with Crippen LogP contribution >= 0.6 is 0 Å². The van der Waals surface area contributed by atoms with E-state index in [4.69, 9.17) is 18.9 Å². The predicted molar refractivity (Wildman–Crippen MR) is 112 cm³/mol.